The highest BCUT2D eigenvalue weighted by Crippen LogP contribution is 2.30. The van der Waals surface area contributed by atoms with Crippen molar-refractivity contribution in [3.05, 3.63) is 34.3 Å². The maximum Gasteiger partial charge on any atom is 0.259 e. The fourth-order valence-corrected chi connectivity index (χ4v) is 2.83. The summed E-state index contributed by atoms with van der Waals surface area (Å²) in [5, 5.41) is 11.1. The van der Waals surface area contributed by atoms with Crippen LogP contribution in [-0.4, -0.2) is 22.3 Å². The van der Waals surface area contributed by atoms with Crippen molar-refractivity contribution in [1.82, 2.24) is 9.78 Å². The Morgan fingerprint density at radius 3 is 3.21 bits per heavy atom. The molecule has 1 unspecified atom stereocenters. The Morgan fingerprint density at radius 2 is 2.53 bits per heavy atom. The quantitative estimate of drug-likeness (QED) is 0.938. The Labute approximate surface area is 115 Å². The Morgan fingerprint density at radius 1 is 1.63 bits per heavy atom. The number of aryl methyl sites for hydroxylation is 1. The first-order chi connectivity index (χ1) is 9.24. The summed E-state index contributed by atoms with van der Waals surface area (Å²) in [7, 11) is 1.82. The number of carbonyl (C=O) groups is 1. The number of carbonyl (C=O) groups excluding carboxylic acids is 1. The van der Waals surface area contributed by atoms with Crippen LogP contribution in [0, 0.1) is 0 Å². The summed E-state index contributed by atoms with van der Waals surface area (Å²) in [5.74, 6) is -0.128. The maximum absolute atomic E-state index is 12.3. The molecular formula is C13H15N3O2S. The van der Waals surface area contributed by atoms with Gasteiger partial charge in [-0.25, -0.2) is 0 Å². The summed E-state index contributed by atoms with van der Waals surface area (Å²) >= 11 is 1.55. The molecule has 0 aliphatic carbocycles. The number of nitrogens with zero attached hydrogens (tertiary/aromatic N) is 2. The van der Waals surface area contributed by atoms with Gasteiger partial charge in [-0.15, -0.1) is 0 Å². The lowest BCUT2D eigenvalue weighted by Gasteiger charge is -2.08. The Hall–Kier alpha value is -1.66. The van der Waals surface area contributed by atoms with Crippen molar-refractivity contribution < 1.29 is 9.53 Å². The van der Waals surface area contributed by atoms with Crippen LogP contribution in [0.3, 0.4) is 0 Å². The van der Waals surface area contributed by atoms with E-state index < -0.39 is 0 Å². The van der Waals surface area contributed by atoms with Gasteiger partial charge in [0.15, 0.2) is 0 Å². The lowest BCUT2D eigenvalue weighted by atomic mass is 10.1. The van der Waals surface area contributed by atoms with Crippen LogP contribution in [0.2, 0.25) is 0 Å². The molecule has 6 heteroatoms. The van der Waals surface area contributed by atoms with Crippen molar-refractivity contribution in [2.24, 2.45) is 7.05 Å². The molecule has 0 bridgehead atoms. The zero-order chi connectivity index (χ0) is 13.2. The molecule has 1 aliphatic heterocycles. The number of aromatic nitrogens is 2. The summed E-state index contributed by atoms with van der Waals surface area (Å²) in [6, 6.07) is 1.88. The first-order valence-corrected chi connectivity index (χ1v) is 7.17. The number of amides is 1. The van der Waals surface area contributed by atoms with Crippen LogP contribution in [0.5, 0.6) is 0 Å². The minimum Gasteiger partial charge on any atom is -0.372 e. The van der Waals surface area contributed by atoms with Gasteiger partial charge in [0.25, 0.3) is 5.91 Å². The number of hydrogen-bond acceptors (Lipinski definition) is 4. The molecule has 5 nitrogen and oxygen atoms in total. The van der Waals surface area contributed by atoms with E-state index in [-0.39, 0.29) is 12.0 Å². The highest BCUT2D eigenvalue weighted by atomic mass is 32.1. The first kappa shape index (κ1) is 12.4. The Balaban J connectivity index is 1.85. The van der Waals surface area contributed by atoms with Gasteiger partial charge in [-0.05, 0) is 24.3 Å². The van der Waals surface area contributed by atoms with E-state index in [9.17, 15) is 4.79 Å². The van der Waals surface area contributed by atoms with Crippen LogP contribution < -0.4 is 5.32 Å². The third-order valence-electron chi connectivity index (χ3n) is 3.12. The first-order valence-electron chi connectivity index (χ1n) is 6.23. The number of nitrogens with one attached hydrogen (secondary N) is 1. The summed E-state index contributed by atoms with van der Waals surface area (Å²) in [5.41, 5.74) is 2.16. The molecule has 0 aromatic carbocycles. The van der Waals surface area contributed by atoms with Crippen molar-refractivity contribution in [2.45, 2.75) is 18.9 Å². The molecule has 1 saturated heterocycles. The second-order valence-corrected chi connectivity index (χ2v) is 5.35. The second kappa shape index (κ2) is 5.14. The molecule has 1 N–H and O–H groups in total. The van der Waals surface area contributed by atoms with Crippen molar-refractivity contribution in [3.8, 4) is 0 Å². The van der Waals surface area contributed by atoms with Gasteiger partial charge in [0.2, 0.25) is 0 Å². The van der Waals surface area contributed by atoms with E-state index in [1.165, 1.54) is 0 Å². The average molecular weight is 277 g/mol. The molecule has 1 fully saturated rings. The van der Waals surface area contributed by atoms with Gasteiger partial charge in [-0.3, -0.25) is 9.48 Å². The van der Waals surface area contributed by atoms with Gasteiger partial charge >= 0.3 is 0 Å². The van der Waals surface area contributed by atoms with E-state index in [0.29, 0.717) is 5.56 Å². The van der Waals surface area contributed by atoms with E-state index in [4.69, 9.17) is 4.74 Å². The highest BCUT2D eigenvalue weighted by Gasteiger charge is 2.26. The van der Waals surface area contributed by atoms with Gasteiger partial charge in [0.05, 0.1) is 11.3 Å². The van der Waals surface area contributed by atoms with Gasteiger partial charge in [0, 0.05) is 25.2 Å². The SMILES string of the molecule is Cn1cc(C(=O)Nc2ccsc2)c(C2CCCO2)n1. The number of anilines is 1. The smallest absolute Gasteiger partial charge is 0.259 e. The predicted molar refractivity (Wildman–Crippen MR) is 73.4 cm³/mol. The molecular weight excluding hydrogens is 262 g/mol. The van der Waals surface area contributed by atoms with Crippen molar-refractivity contribution in [2.75, 3.05) is 11.9 Å². The van der Waals surface area contributed by atoms with Crippen LogP contribution in [-0.2, 0) is 11.8 Å². The molecule has 0 spiro atoms. The molecule has 1 aliphatic rings. The summed E-state index contributed by atoms with van der Waals surface area (Å²) in [4.78, 5) is 12.3. The zero-order valence-electron chi connectivity index (χ0n) is 10.6. The Bertz CT molecular complexity index is 571. The fraction of sp³-hybridized carbons (Fsp3) is 0.385. The molecule has 2 aromatic heterocycles. The van der Waals surface area contributed by atoms with Crippen molar-refractivity contribution in [1.29, 1.82) is 0 Å². The number of hydrogen-bond donors (Lipinski definition) is 1. The lowest BCUT2D eigenvalue weighted by molar-refractivity contribution is 0.0979. The fourth-order valence-electron chi connectivity index (χ4n) is 2.25. The predicted octanol–water partition coefficient (Wildman–Crippen LogP) is 2.59. The topological polar surface area (TPSA) is 56.2 Å². The Kier molecular flexibility index (Phi) is 3.35. The van der Waals surface area contributed by atoms with Gasteiger partial charge in [-0.2, -0.15) is 16.4 Å². The number of thiophene rings is 1. The third-order valence-corrected chi connectivity index (χ3v) is 3.80. The molecule has 19 heavy (non-hydrogen) atoms. The van der Waals surface area contributed by atoms with Crippen LogP contribution in [0.4, 0.5) is 5.69 Å². The van der Waals surface area contributed by atoms with E-state index >= 15 is 0 Å². The van der Waals surface area contributed by atoms with Gasteiger partial charge < -0.3 is 10.1 Å². The molecule has 100 valence electrons. The molecule has 1 atom stereocenters. The van der Waals surface area contributed by atoms with Gasteiger partial charge in [-0.1, -0.05) is 0 Å². The molecule has 2 aromatic rings. The monoisotopic (exact) mass is 277 g/mol. The van der Waals surface area contributed by atoms with E-state index in [1.807, 2.05) is 23.9 Å². The average Bonchev–Trinajstić information content (AvgIpc) is 3.07. The van der Waals surface area contributed by atoms with Crippen LogP contribution in [0.1, 0.15) is 35.0 Å². The molecule has 0 saturated carbocycles. The minimum absolute atomic E-state index is 0.0515. The van der Waals surface area contributed by atoms with Crippen LogP contribution >= 0.6 is 11.3 Å². The van der Waals surface area contributed by atoms with E-state index in [1.54, 1.807) is 22.2 Å². The summed E-state index contributed by atoms with van der Waals surface area (Å²) in [6.07, 6.45) is 3.64. The molecule has 1 amide bonds. The largest absolute Gasteiger partial charge is 0.372 e. The third kappa shape index (κ3) is 2.54. The lowest BCUT2D eigenvalue weighted by Crippen LogP contribution is -2.14. The molecule has 0 radical (unpaired) electrons. The molecule has 3 rings (SSSR count). The van der Waals surface area contributed by atoms with E-state index in [0.717, 1.165) is 30.8 Å². The normalized spacial score (nSPS) is 18.7. The maximum atomic E-state index is 12.3. The highest BCUT2D eigenvalue weighted by molar-refractivity contribution is 7.08. The second-order valence-electron chi connectivity index (χ2n) is 4.57. The van der Waals surface area contributed by atoms with E-state index in [2.05, 4.69) is 10.4 Å². The van der Waals surface area contributed by atoms with Gasteiger partial charge in [0.1, 0.15) is 11.8 Å². The van der Waals surface area contributed by atoms with Crippen molar-refractivity contribution in [3.63, 3.8) is 0 Å². The summed E-state index contributed by atoms with van der Waals surface area (Å²) in [6.45, 7) is 0.743. The number of ether oxygens (including phenoxy) is 1. The van der Waals surface area contributed by atoms with Crippen molar-refractivity contribution >= 4 is 22.9 Å². The number of rotatable bonds is 3. The summed E-state index contributed by atoms with van der Waals surface area (Å²) < 4.78 is 7.29. The van der Waals surface area contributed by atoms with Crippen LogP contribution in [0.15, 0.2) is 23.0 Å². The minimum atomic E-state index is -0.128. The molecule has 3 heterocycles. The van der Waals surface area contributed by atoms with Crippen LogP contribution in [0.25, 0.3) is 0 Å². The zero-order valence-corrected chi connectivity index (χ0v) is 11.4. The standard InChI is InChI=1S/C13H15N3O2S/c1-16-7-10(12(15-16)11-3-2-5-18-11)13(17)14-9-4-6-19-8-9/h4,6-8,11H,2-3,5H2,1H3,(H,14,17).